The number of methoxy groups -OCH3 is 1. The Balaban J connectivity index is 1.94. The van der Waals surface area contributed by atoms with E-state index in [2.05, 4.69) is 27.4 Å². The molecule has 0 saturated heterocycles. The van der Waals surface area contributed by atoms with Crippen LogP contribution in [0.2, 0.25) is 0 Å². The van der Waals surface area contributed by atoms with Crippen molar-refractivity contribution in [2.75, 3.05) is 20.2 Å². The molecular weight excluding hydrogens is 348 g/mol. The van der Waals surface area contributed by atoms with Gasteiger partial charge in [0.25, 0.3) is 0 Å². The fourth-order valence-corrected chi connectivity index (χ4v) is 3.23. The Labute approximate surface area is 159 Å². The first-order valence-electron chi connectivity index (χ1n) is 9.11. The van der Waals surface area contributed by atoms with E-state index in [9.17, 15) is 5.21 Å². The molecule has 1 aromatic carbocycles. The molecule has 0 amide bonds. The highest BCUT2D eigenvalue weighted by Crippen LogP contribution is 2.36. The van der Waals surface area contributed by atoms with E-state index in [1.54, 1.807) is 7.11 Å². The van der Waals surface area contributed by atoms with Gasteiger partial charge in [-0.3, -0.25) is 0 Å². The number of nitrogens with zero attached hydrogens (tertiary/aromatic N) is 6. The Morgan fingerprint density at radius 1 is 1.30 bits per heavy atom. The van der Waals surface area contributed by atoms with Gasteiger partial charge in [0, 0.05) is 11.5 Å². The molecule has 0 spiro atoms. The van der Waals surface area contributed by atoms with Crippen LogP contribution in [0, 0.1) is 5.21 Å². The van der Waals surface area contributed by atoms with Gasteiger partial charge in [-0.05, 0) is 69.2 Å². The van der Waals surface area contributed by atoms with E-state index in [0.29, 0.717) is 10.9 Å². The third-order valence-electron chi connectivity index (χ3n) is 4.69. The van der Waals surface area contributed by atoms with Crippen LogP contribution < -0.4 is 4.74 Å². The lowest BCUT2D eigenvalue weighted by Crippen LogP contribution is -2.47. The standard InChI is InChI=1S/C18H28N6O3/c1-18(2,3)23(12-11-20-21-19)24(25)22-27-17-10-7-15(13-17)14-5-8-16(26-4)9-6-14/h5-6,8-9,15,17H,7,10-13H2,1-4H3/t15-,17+/m1/s1. The summed E-state index contributed by atoms with van der Waals surface area (Å²) in [7, 11) is 1.65. The first-order chi connectivity index (χ1) is 12.8. The fraction of sp³-hybridized carbons (Fsp3) is 0.667. The third kappa shape index (κ3) is 5.92. The first kappa shape index (κ1) is 20.6. The van der Waals surface area contributed by atoms with Gasteiger partial charge in [-0.15, -0.1) is 5.01 Å². The molecule has 0 heterocycles. The Morgan fingerprint density at radius 3 is 2.59 bits per heavy atom. The van der Waals surface area contributed by atoms with Crippen LogP contribution in [0.3, 0.4) is 0 Å². The van der Waals surface area contributed by atoms with Gasteiger partial charge in [-0.2, -0.15) is 0 Å². The van der Waals surface area contributed by atoms with Crippen LogP contribution in [-0.2, 0) is 4.84 Å². The van der Waals surface area contributed by atoms with Crippen molar-refractivity contribution in [2.45, 2.75) is 57.6 Å². The van der Waals surface area contributed by atoms with Crippen molar-refractivity contribution in [2.24, 2.45) is 10.4 Å². The Bertz CT molecular complexity index is 679. The summed E-state index contributed by atoms with van der Waals surface area (Å²) in [5.74, 6) is 1.23. The summed E-state index contributed by atoms with van der Waals surface area (Å²) in [6, 6.07) is 8.05. The number of rotatable bonds is 8. The van der Waals surface area contributed by atoms with E-state index in [0.717, 1.165) is 25.0 Å². The zero-order valence-electron chi connectivity index (χ0n) is 16.4. The Kier molecular flexibility index (Phi) is 7.12. The van der Waals surface area contributed by atoms with Crippen LogP contribution in [0.4, 0.5) is 0 Å². The number of hydrazine groups is 1. The number of ether oxygens (including phenoxy) is 1. The van der Waals surface area contributed by atoms with Gasteiger partial charge < -0.3 is 14.8 Å². The van der Waals surface area contributed by atoms with Gasteiger partial charge in [0.15, 0.2) is 0 Å². The van der Waals surface area contributed by atoms with Crippen LogP contribution in [0.15, 0.2) is 34.7 Å². The van der Waals surface area contributed by atoms with Crippen molar-refractivity contribution >= 4 is 0 Å². The zero-order valence-corrected chi connectivity index (χ0v) is 16.4. The summed E-state index contributed by atoms with van der Waals surface area (Å²) in [5, 5.41) is 21.1. The Morgan fingerprint density at radius 2 is 2.00 bits per heavy atom. The van der Waals surface area contributed by atoms with E-state index in [-0.39, 0.29) is 19.2 Å². The molecule has 9 heteroatoms. The highest BCUT2D eigenvalue weighted by molar-refractivity contribution is 5.29. The van der Waals surface area contributed by atoms with E-state index in [4.69, 9.17) is 15.1 Å². The molecule has 0 N–H and O–H groups in total. The largest absolute Gasteiger partial charge is 0.569 e. The molecule has 148 valence electrons. The summed E-state index contributed by atoms with van der Waals surface area (Å²) < 4.78 is 5.19. The maximum absolute atomic E-state index is 12.4. The van der Waals surface area contributed by atoms with Crippen molar-refractivity contribution in [3.8, 4) is 5.75 Å². The molecule has 1 aliphatic rings. The van der Waals surface area contributed by atoms with Crippen molar-refractivity contribution in [3.05, 3.63) is 45.5 Å². The van der Waals surface area contributed by atoms with Crippen LogP contribution in [0.25, 0.3) is 10.4 Å². The molecule has 1 aromatic rings. The van der Waals surface area contributed by atoms with Crippen LogP contribution in [0.5, 0.6) is 5.75 Å². The molecule has 9 nitrogen and oxygen atoms in total. The van der Waals surface area contributed by atoms with Crippen LogP contribution in [0.1, 0.15) is 51.5 Å². The maximum atomic E-state index is 12.4. The van der Waals surface area contributed by atoms with Crippen molar-refractivity contribution in [1.29, 1.82) is 0 Å². The highest BCUT2D eigenvalue weighted by Gasteiger charge is 2.31. The minimum atomic E-state index is -0.471. The summed E-state index contributed by atoms with van der Waals surface area (Å²) in [4.78, 5) is 8.69. The second-order valence-corrected chi connectivity index (χ2v) is 7.59. The average molecular weight is 376 g/mol. The molecule has 27 heavy (non-hydrogen) atoms. The SMILES string of the molecule is COc1ccc([C@@H]2CC[C@H](ON=[N+]([O-])N(CCN=[N+]=[N-])C(C)(C)C)C2)cc1. The highest BCUT2D eigenvalue weighted by atomic mass is 16.7. The smallest absolute Gasteiger partial charge is 0.233 e. The fourth-order valence-electron chi connectivity index (χ4n) is 3.23. The predicted octanol–water partition coefficient (Wildman–Crippen LogP) is 4.55. The second kappa shape index (κ2) is 9.32. The monoisotopic (exact) mass is 376 g/mol. The first-order valence-corrected chi connectivity index (χ1v) is 9.11. The molecule has 2 rings (SSSR count). The zero-order chi connectivity index (χ0) is 19.9. The lowest BCUT2D eigenvalue weighted by Gasteiger charge is -2.29. The molecule has 0 radical (unpaired) electrons. The van der Waals surface area contributed by atoms with Crippen LogP contribution >= 0.6 is 0 Å². The molecule has 0 unspecified atom stereocenters. The van der Waals surface area contributed by atoms with Crippen molar-refractivity contribution in [3.63, 3.8) is 0 Å². The summed E-state index contributed by atoms with van der Waals surface area (Å²) in [6.07, 6.45) is 2.57. The summed E-state index contributed by atoms with van der Waals surface area (Å²) in [5.41, 5.74) is 9.18. The number of azide groups is 1. The van der Waals surface area contributed by atoms with E-state index >= 15 is 0 Å². The molecule has 0 aromatic heterocycles. The molecular formula is C18H28N6O3. The van der Waals surface area contributed by atoms with Crippen molar-refractivity contribution in [1.82, 2.24) is 5.01 Å². The molecule has 1 saturated carbocycles. The summed E-state index contributed by atoms with van der Waals surface area (Å²) >= 11 is 0. The van der Waals surface area contributed by atoms with Gasteiger partial charge in [-0.1, -0.05) is 17.2 Å². The second-order valence-electron chi connectivity index (χ2n) is 7.59. The normalized spacial score (nSPS) is 20.1. The number of benzene rings is 1. The van der Waals surface area contributed by atoms with Gasteiger partial charge in [0.1, 0.15) is 11.9 Å². The van der Waals surface area contributed by atoms with E-state index in [1.165, 1.54) is 10.6 Å². The van der Waals surface area contributed by atoms with Gasteiger partial charge in [0.05, 0.1) is 24.2 Å². The number of hydrogen-bond donors (Lipinski definition) is 0. The topological polar surface area (TPSA) is 109 Å². The molecule has 2 atom stereocenters. The minimum Gasteiger partial charge on any atom is -0.569 e. The molecule has 1 fully saturated rings. The van der Waals surface area contributed by atoms with E-state index < -0.39 is 5.54 Å². The van der Waals surface area contributed by atoms with E-state index in [1.807, 2.05) is 32.9 Å². The van der Waals surface area contributed by atoms with Gasteiger partial charge in [-0.25, -0.2) is 0 Å². The lowest BCUT2D eigenvalue weighted by atomic mass is 9.98. The summed E-state index contributed by atoms with van der Waals surface area (Å²) in [6.45, 7) is 6.12. The predicted molar refractivity (Wildman–Crippen MR) is 101 cm³/mol. The molecule has 1 aliphatic carbocycles. The quantitative estimate of drug-likeness (QED) is 0.218. The third-order valence-corrected chi connectivity index (χ3v) is 4.69. The molecule has 0 bridgehead atoms. The average Bonchev–Trinajstić information content (AvgIpc) is 3.11. The van der Waals surface area contributed by atoms with Crippen LogP contribution in [-0.4, -0.2) is 41.8 Å². The van der Waals surface area contributed by atoms with Gasteiger partial charge in [0.2, 0.25) is 5.28 Å². The van der Waals surface area contributed by atoms with Crippen molar-refractivity contribution < 1.29 is 14.5 Å². The van der Waals surface area contributed by atoms with Gasteiger partial charge >= 0.3 is 0 Å². The molecule has 0 aliphatic heterocycles. The Hall–Kier alpha value is -2.67. The maximum Gasteiger partial charge on any atom is 0.233 e. The lowest BCUT2D eigenvalue weighted by molar-refractivity contribution is -0.725. The minimum absolute atomic E-state index is 0.0903. The number of hydrogen-bond acceptors (Lipinski definition) is 5.